The second-order valence-corrected chi connectivity index (χ2v) is 13.9. The molecule has 0 radical (unpaired) electrons. The van der Waals surface area contributed by atoms with Gasteiger partial charge in [-0.2, -0.15) is 0 Å². The number of nitrogens with one attached hydrogen (secondary N) is 1. The van der Waals surface area contributed by atoms with Crippen LogP contribution in [0, 0.1) is 13.8 Å². The molecule has 0 aromatic heterocycles. The van der Waals surface area contributed by atoms with E-state index in [1.54, 1.807) is 55.5 Å². The fourth-order valence-corrected chi connectivity index (χ4v) is 5.97. The SMILES string of the molecule is COc1ccc(C)cc1N(CC(=O)N(Cc1ccc(Cl)c(Cl)c1)[C@@H](C)C(=O)NC(C)(C)C)S(=O)(=O)c1ccc(C)cc1. The van der Waals surface area contributed by atoms with Gasteiger partial charge in [0.1, 0.15) is 18.3 Å². The lowest BCUT2D eigenvalue weighted by atomic mass is 10.1. The summed E-state index contributed by atoms with van der Waals surface area (Å²) in [5.74, 6) is -0.715. The predicted molar refractivity (Wildman–Crippen MR) is 168 cm³/mol. The second-order valence-electron chi connectivity index (χ2n) is 11.2. The first-order chi connectivity index (χ1) is 19.5. The Morgan fingerprint density at radius 3 is 2.12 bits per heavy atom. The number of hydrogen-bond acceptors (Lipinski definition) is 5. The maximum absolute atomic E-state index is 14.2. The number of aryl methyl sites for hydroxylation is 2. The van der Waals surface area contributed by atoms with Crippen molar-refractivity contribution in [1.82, 2.24) is 10.2 Å². The molecule has 0 saturated heterocycles. The topological polar surface area (TPSA) is 96.0 Å². The minimum absolute atomic E-state index is 0.0130. The third kappa shape index (κ3) is 8.18. The first kappa shape index (κ1) is 33.2. The van der Waals surface area contributed by atoms with Gasteiger partial charge >= 0.3 is 0 Å². The van der Waals surface area contributed by atoms with Gasteiger partial charge < -0.3 is 15.0 Å². The van der Waals surface area contributed by atoms with Gasteiger partial charge in [0, 0.05) is 12.1 Å². The molecule has 226 valence electrons. The summed E-state index contributed by atoms with van der Waals surface area (Å²) in [7, 11) is -2.81. The molecule has 42 heavy (non-hydrogen) atoms. The van der Waals surface area contributed by atoms with Crippen molar-refractivity contribution in [3.63, 3.8) is 0 Å². The Morgan fingerprint density at radius 2 is 1.55 bits per heavy atom. The summed E-state index contributed by atoms with van der Waals surface area (Å²) >= 11 is 12.3. The summed E-state index contributed by atoms with van der Waals surface area (Å²) in [4.78, 5) is 28.8. The van der Waals surface area contributed by atoms with E-state index in [2.05, 4.69) is 5.32 Å². The number of hydrogen-bond donors (Lipinski definition) is 1. The van der Waals surface area contributed by atoms with Crippen LogP contribution in [-0.4, -0.2) is 50.4 Å². The molecule has 1 N–H and O–H groups in total. The summed E-state index contributed by atoms with van der Waals surface area (Å²) in [6.45, 7) is 10.2. The molecule has 0 aliphatic heterocycles. The fraction of sp³-hybridized carbons (Fsp3) is 0.355. The van der Waals surface area contributed by atoms with E-state index in [1.165, 1.54) is 24.1 Å². The molecule has 0 aliphatic rings. The third-order valence-corrected chi connectivity index (χ3v) is 9.01. The van der Waals surface area contributed by atoms with Crippen molar-refractivity contribution in [3.8, 4) is 5.75 Å². The van der Waals surface area contributed by atoms with Gasteiger partial charge in [0.2, 0.25) is 11.8 Å². The van der Waals surface area contributed by atoms with Crippen LogP contribution in [0.3, 0.4) is 0 Å². The lowest BCUT2D eigenvalue weighted by Gasteiger charge is -2.34. The molecular formula is C31H37Cl2N3O5S. The maximum atomic E-state index is 14.2. The van der Waals surface area contributed by atoms with Crippen molar-refractivity contribution in [2.24, 2.45) is 0 Å². The lowest BCUT2D eigenvalue weighted by Crippen LogP contribution is -2.54. The summed E-state index contributed by atoms with van der Waals surface area (Å²) in [5.41, 5.74) is 1.92. The largest absolute Gasteiger partial charge is 0.495 e. The average molecular weight is 635 g/mol. The summed E-state index contributed by atoms with van der Waals surface area (Å²) in [6, 6.07) is 15.4. The summed E-state index contributed by atoms with van der Waals surface area (Å²) in [6.07, 6.45) is 0. The van der Waals surface area contributed by atoms with Crippen LogP contribution in [0.15, 0.2) is 65.6 Å². The normalized spacial score (nSPS) is 12.4. The number of carbonyl (C=O) groups is 2. The number of benzene rings is 3. The van der Waals surface area contributed by atoms with Crippen LogP contribution >= 0.6 is 23.2 Å². The molecule has 0 spiro atoms. The minimum atomic E-state index is -4.24. The Morgan fingerprint density at radius 1 is 0.929 bits per heavy atom. The Kier molecular flexibility index (Phi) is 10.6. The molecule has 8 nitrogen and oxygen atoms in total. The molecule has 0 unspecified atom stereocenters. The van der Waals surface area contributed by atoms with Gasteiger partial charge in [0.05, 0.1) is 27.7 Å². The summed E-state index contributed by atoms with van der Waals surface area (Å²) in [5, 5.41) is 3.54. The second kappa shape index (κ2) is 13.4. The van der Waals surface area contributed by atoms with Crippen LogP contribution in [0.25, 0.3) is 0 Å². The number of halogens is 2. The fourth-order valence-electron chi connectivity index (χ4n) is 4.24. The number of amides is 2. The van der Waals surface area contributed by atoms with E-state index in [1.807, 2.05) is 34.6 Å². The van der Waals surface area contributed by atoms with Gasteiger partial charge in [0.15, 0.2) is 0 Å². The lowest BCUT2D eigenvalue weighted by molar-refractivity contribution is -0.140. The molecule has 0 bridgehead atoms. The van der Waals surface area contributed by atoms with E-state index >= 15 is 0 Å². The minimum Gasteiger partial charge on any atom is -0.495 e. The van der Waals surface area contributed by atoms with E-state index in [0.29, 0.717) is 15.6 Å². The zero-order valence-electron chi connectivity index (χ0n) is 24.9. The van der Waals surface area contributed by atoms with Crippen molar-refractivity contribution in [3.05, 3.63) is 87.4 Å². The Hall–Kier alpha value is -3.27. The van der Waals surface area contributed by atoms with Gasteiger partial charge in [-0.15, -0.1) is 0 Å². The number of carbonyl (C=O) groups excluding carboxylic acids is 2. The average Bonchev–Trinajstić information content (AvgIpc) is 2.91. The molecule has 2 amide bonds. The Balaban J connectivity index is 2.12. The highest BCUT2D eigenvalue weighted by Crippen LogP contribution is 2.34. The van der Waals surface area contributed by atoms with Crippen LogP contribution in [0.5, 0.6) is 5.75 Å². The first-order valence-corrected chi connectivity index (χ1v) is 15.5. The van der Waals surface area contributed by atoms with Crippen molar-refractivity contribution in [2.75, 3.05) is 18.0 Å². The van der Waals surface area contributed by atoms with E-state index in [0.717, 1.165) is 15.4 Å². The monoisotopic (exact) mass is 633 g/mol. The third-order valence-electron chi connectivity index (χ3n) is 6.49. The van der Waals surface area contributed by atoms with E-state index in [9.17, 15) is 18.0 Å². The number of rotatable bonds is 10. The Bertz CT molecular complexity index is 1550. The van der Waals surface area contributed by atoms with Crippen LogP contribution < -0.4 is 14.4 Å². The number of ether oxygens (including phenoxy) is 1. The molecule has 0 aliphatic carbocycles. The van der Waals surface area contributed by atoms with Crippen molar-refractivity contribution in [1.29, 1.82) is 0 Å². The van der Waals surface area contributed by atoms with Crippen molar-refractivity contribution in [2.45, 2.75) is 64.6 Å². The van der Waals surface area contributed by atoms with Gasteiger partial charge in [-0.25, -0.2) is 8.42 Å². The maximum Gasteiger partial charge on any atom is 0.264 e. The molecule has 0 heterocycles. The van der Waals surface area contributed by atoms with Crippen LogP contribution in [0.1, 0.15) is 44.4 Å². The van der Waals surface area contributed by atoms with E-state index in [-0.39, 0.29) is 22.9 Å². The number of sulfonamides is 1. The highest BCUT2D eigenvalue weighted by atomic mass is 35.5. The van der Waals surface area contributed by atoms with Crippen LogP contribution in [-0.2, 0) is 26.2 Å². The highest BCUT2D eigenvalue weighted by molar-refractivity contribution is 7.92. The highest BCUT2D eigenvalue weighted by Gasteiger charge is 2.34. The molecule has 3 aromatic rings. The standard InChI is InChI=1S/C31H37Cl2N3O5S/c1-20-8-12-24(13-9-20)42(39,40)36(27-16-21(2)10-15-28(27)41-7)19-29(37)35(22(3)30(38)34-31(4,5)6)18-23-11-14-25(32)26(33)17-23/h8-17,22H,18-19H2,1-7H3,(H,34,38)/t22-/m0/s1. The predicted octanol–water partition coefficient (Wildman–Crippen LogP) is 6.15. The van der Waals surface area contributed by atoms with E-state index in [4.69, 9.17) is 27.9 Å². The van der Waals surface area contributed by atoms with Crippen LogP contribution in [0.2, 0.25) is 10.0 Å². The number of methoxy groups -OCH3 is 1. The first-order valence-electron chi connectivity index (χ1n) is 13.3. The molecule has 0 saturated carbocycles. The quantitative estimate of drug-likeness (QED) is 0.289. The van der Waals surface area contributed by atoms with Crippen molar-refractivity contribution >= 4 is 50.7 Å². The smallest absolute Gasteiger partial charge is 0.264 e. The Labute approximate surface area is 258 Å². The van der Waals surface area contributed by atoms with Gasteiger partial charge in [-0.1, -0.05) is 53.0 Å². The van der Waals surface area contributed by atoms with Crippen LogP contribution in [0.4, 0.5) is 5.69 Å². The molecule has 3 aromatic carbocycles. The number of nitrogens with zero attached hydrogens (tertiary/aromatic N) is 2. The molecular weight excluding hydrogens is 597 g/mol. The van der Waals surface area contributed by atoms with Crippen molar-refractivity contribution < 1.29 is 22.7 Å². The zero-order chi connectivity index (χ0) is 31.4. The zero-order valence-corrected chi connectivity index (χ0v) is 27.2. The molecule has 11 heteroatoms. The molecule has 3 rings (SSSR count). The van der Waals surface area contributed by atoms with Gasteiger partial charge in [-0.3, -0.25) is 13.9 Å². The van der Waals surface area contributed by atoms with Gasteiger partial charge in [-0.05, 0) is 89.1 Å². The summed E-state index contributed by atoms with van der Waals surface area (Å²) < 4.78 is 34.7. The molecule has 1 atom stereocenters. The van der Waals surface area contributed by atoms with E-state index < -0.39 is 40.0 Å². The van der Waals surface area contributed by atoms with Gasteiger partial charge in [0.25, 0.3) is 10.0 Å². The number of anilines is 1. The molecule has 0 fully saturated rings.